The third-order valence-electron chi connectivity index (χ3n) is 5.22. The highest BCUT2D eigenvalue weighted by Gasteiger charge is 2.40. The highest BCUT2D eigenvalue weighted by molar-refractivity contribution is 4.90. The first-order valence-electron chi connectivity index (χ1n) is 9.48. The Morgan fingerprint density at radius 3 is 1.86 bits per heavy atom. The van der Waals surface area contributed by atoms with Gasteiger partial charge in [-0.25, -0.2) is 0 Å². The summed E-state index contributed by atoms with van der Waals surface area (Å²) >= 11 is 0. The number of hydrogen-bond acceptors (Lipinski definition) is 2. The molecule has 0 aliphatic carbocycles. The summed E-state index contributed by atoms with van der Waals surface area (Å²) in [5.41, 5.74) is -0.0729. The van der Waals surface area contributed by atoms with Crippen LogP contribution in [0.25, 0.3) is 0 Å². The molecular formula is C20H42O2. The number of hydrogen-bond donors (Lipinski definition) is 0. The topological polar surface area (TPSA) is 18.5 Å². The molecule has 0 aliphatic heterocycles. The smallest absolute Gasteiger partial charge is 0.0756 e. The summed E-state index contributed by atoms with van der Waals surface area (Å²) in [5.74, 6) is 1.77. The Morgan fingerprint density at radius 1 is 0.864 bits per heavy atom. The van der Waals surface area contributed by atoms with E-state index in [2.05, 4.69) is 62.3 Å². The van der Waals surface area contributed by atoms with Gasteiger partial charge in [-0.05, 0) is 44.9 Å². The molecule has 0 aromatic carbocycles. The first kappa shape index (κ1) is 21.9. The molecule has 4 unspecified atom stereocenters. The third-order valence-corrected chi connectivity index (χ3v) is 5.22. The average molecular weight is 315 g/mol. The summed E-state index contributed by atoms with van der Waals surface area (Å²) in [6.07, 6.45) is 5.11. The van der Waals surface area contributed by atoms with E-state index >= 15 is 0 Å². The second-order valence-corrected chi connectivity index (χ2v) is 7.77. The Kier molecular flexibility index (Phi) is 10.6. The minimum Gasteiger partial charge on any atom is -0.379 e. The van der Waals surface area contributed by atoms with Crippen LogP contribution in [-0.4, -0.2) is 24.4 Å². The maximum atomic E-state index is 6.73. The van der Waals surface area contributed by atoms with Gasteiger partial charge < -0.3 is 9.47 Å². The Balaban J connectivity index is 5.02. The maximum Gasteiger partial charge on any atom is 0.0756 e. The molecule has 0 spiro atoms. The van der Waals surface area contributed by atoms with E-state index in [1.54, 1.807) is 0 Å². The quantitative estimate of drug-likeness (QED) is 0.434. The lowest BCUT2D eigenvalue weighted by atomic mass is 9.75. The molecule has 0 fully saturated rings. The van der Waals surface area contributed by atoms with Crippen LogP contribution in [0.15, 0.2) is 0 Å². The van der Waals surface area contributed by atoms with Crippen molar-refractivity contribution < 1.29 is 9.47 Å². The van der Waals surface area contributed by atoms with E-state index < -0.39 is 0 Å². The van der Waals surface area contributed by atoms with Crippen molar-refractivity contribution in [2.75, 3.05) is 6.61 Å². The van der Waals surface area contributed by atoms with Crippen molar-refractivity contribution >= 4 is 0 Å². The van der Waals surface area contributed by atoms with E-state index in [1.807, 2.05) is 0 Å². The highest BCUT2D eigenvalue weighted by atomic mass is 16.5. The molecule has 0 saturated heterocycles. The van der Waals surface area contributed by atoms with Crippen molar-refractivity contribution in [1.29, 1.82) is 0 Å². The summed E-state index contributed by atoms with van der Waals surface area (Å²) in [6.45, 7) is 21.0. The van der Waals surface area contributed by atoms with Gasteiger partial charge in [0, 0.05) is 13.0 Å². The van der Waals surface area contributed by atoms with E-state index in [9.17, 15) is 0 Å². The molecule has 0 N–H and O–H groups in total. The van der Waals surface area contributed by atoms with Crippen molar-refractivity contribution in [3.63, 3.8) is 0 Å². The fourth-order valence-electron chi connectivity index (χ4n) is 3.37. The van der Waals surface area contributed by atoms with Gasteiger partial charge in [0.2, 0.25) is 0 Å². The number of ether oxygens (including phenoxy) is 2. The van der Waals surface area contributed by atoms with Crippen molar-refractivity contribution in [3.8, 4) is 0 Å². The van der Waals surface area contributed by atoms with Gasteiger partial charge in [-0.15, -0.1) is 0 Å². The Labute approximate surface area is 140 Å². The Bertz CT molecular complexity index is 275. The molecule has 2 heteroatoms. The van der Waals surface area contributed by atoms with Crippen LogP contribution in [-0.2, 0) is 9.47 Å². The zero-order valence-corrected chi connectivity index (χ0v) is 16.7. The van der Waals surface area contributed by atoms with Crippen LogP contribution in [0.1, 0.15) is 88.0 Å². The van der Waals surface area contributed by atoms with Gasteiger partial charge in [-0.3, -0.25) is 0 Å². The fourth-order valence-corrected chi connectivity index (χ4v) is 3.37. The first-order chi connectivity index (χ1) is 10.2. The third kappa shape index (κ3) is 7.00. The lowest BCUT2D eigenvalue weighted by Gasteiger charge is -2.45. The second-order valence-electron chi connectivity index (χ2n) is 7.77. The van der Waals surface area contributed by atoms with Crippen molar-refractivity contribution in [2.24, 2.45) is 17.8 Å². The molecule has 0 heterocycles. The summed E-state index contributed by atoms with van der Waals surface area (Å²) in [6, 6.07) is 0. The average Bonchev–Trinajstić information content (AvgIpc) is 2.44. The highest BCUT2D eigenvalue weighted by Crippen LogP contribution is 2.38. The largest absolute Gasteiger partial charge is 0.379 e. The van der Waals surface area contributed by atoms with Gasteiger partial charge in [-0.2, -0.15) is 0 Å². The van der Waals surface area contributed by atoms with Crippen LogP contribution < -0.4 is 0 Å². The van der Waals surface area contributed by atoms with E-state index in [4.69, 9.17) is 9.47 Å². The van der Waals surface area contributed by atoms with Gasteiger partial charge in [0.05, 0.1) is 17.8 Å². The lowest BCUT2D eigenvalue weighted by Crippen LogP contribution is -2.48. The standard InChI is InChI=1S/C20H42O2/c1-10-17(7)14-19(9)22-20(15(3)4,18(8)11-2)12-13-21-16(5)6/h15-19H,10-14H2,1-9H3. The number of rotatable bonds is 12. The van der Waals surface area contributed by atoms with Crippen LogP contribution in [0.5, 0.6) is 0 Å². The summed E-state index contributed by atoms with van der Waals surface area (Å²) in [4.78, 5) is 0. The van der Waals surface area contributed by atoms with Crippen molar-refractivity contribution in [1.82, 2.24) is 0 Å². The van der Waals surface area contributed by atoms with Crippen molar-refractivity contribution in [3.05, 3.63) is 0 Å². The zero-order chi connectivity index (χ0) is 17.3. The molecule has 0 aromatic rings. The SMILES string of the molecule is CCC(C)CC(C)OC(CCOC(C)C)(C(C)C)C(C)CC. The molecule has 0 radical (unpaired) electrons. The summed E-state index contributed by atoms with van der Waals surface area (Å²) < 4.78 is 12.6. The molecule has 2 nitrogen and oxygen atoms in total. The Hall–Kier alpha value is -0.0800. The van der Waals surface area contributed by atoms with Crippen LogP contribution >= 0.6 is 0 Å². The van der Waals surface area contributed by atoms with E-state index in [1.165, 1.54) is 6.42 Å². The molecule has 0 rings (SSSR count). The first-order valence-corrected chi connectivity index (χ1v) is 9.48. The molecule has 22 heavy (non-hydrogen) atoms. The van der Waals surface area contributed by atoms with Gasteiger partial charge in [0.25, 0.3) is 0 Å². The predicted molar refractivity (Wildman–Crippen MR) is 97.3 cm³/mol. The molecule has 0 bridgehead atoms. The van der Waals surface area contributed by atoms with E-state index in [-0.39, 0.29) is 5.60 Å². The molecule has 0 amide bonds. The molecule has 134 valence electrons. The zero-order valence-electron chi connectivity index (χ0n) is 16.7. The predicted octanol–water partition coefficient (Wildman–Crippen LogP) is 6.08. The molecule has 0 saturated carbocycles. The fraction of sp³-hybridized carbons (Fsp3) is 1.00. The van der Waals surface area contributed by atoms with E-state index in [0.29, 0.717) is 24.0 Å². The minimum atomic E-state index is -0.0729. The van der Waals surface area contributed by atoms with Gasteiger partial charge in [0.1, 0.15) is 0 Å². The maximum absolute atomic E-state index is 6.73. The monoisotopic (exact) mass is 314 g/mol. The lowest BCUT2D eigenvalue weighted by molar-refractivity contribution is -0.164. The normalized spacial score (nSPS) is 19.2. The molecule has 4 atom stereocenters. The van der Waals surface area contributed by atoms with Gasteiger partial charge >= 0.3 is 0 Å². The summed E-state index contributed by atoms with van der Waals surface area (Å²) in [5, 5.41) is 0. The molecule has 0 aromatic heterocycles. The van der Waals surface area contributed by atoms with Gasteiger partial charge in [-0.1, -0.05) is 54.4 Å². The van der Waals surface area contributed by atoms with Crippen LogP contribution in [0.4, 0.5) is 0 Å². The van der Waals surface area contributed by atoms with Crippen LogP contribution in [0.3, 0.4) is 0 Å². The summed E-state index contributed by atoms with van der Waals surface area (Å²) in [7, 11) is 0. The second kappa shape index (κ2) is 10.6. The molecule has 0 aliphatic rings. The Morgan fingerprint density at radius 2 is 1.45 bits per heavy atom. The minimum absolute atomic E-state index is 0.0729. The molecular weight excluding hydrogens is 272 g/mol. The van der Waals surface area contributed by atoms with Crippen LogP contribution in [0.2, 0.25) is 0 Å². The van der Waals surface area contributed by atoms with Gasteiger partial charge in [0.15, 0.2) is 0 Å². The van der Waals surface area contributed by atoms with E-state index in [0.717, 1.165) is 31.8 Å². The van der Waals surface area contributed by atoms with Crippen LogP contribution in [0, 0.1) is 17.8 Å². The van der Waals surface area contributed by atoms with Crippen molar-refractivity contribution in [2.45, 2.75) is 106 Å².